The van der Waals surface area contributed by atoms with E-state index in [1.54, 1.807) is 12.3 Å². The largest absolute Gasteiger partial charge is 0.345 e. The Bertz CT molecular complexity index is 496. The second-order valence-corrected chi connectivity index (χ2v) is 3.84. The summed E-state index contributed by atoms with van der Waals surface area (Å²) in [7, 11) is 0. The molecule has 2 aromatic rings. The molecular weight excluding hydrogens is 262 g/mol. The van der Waals surface area contributed by atoms with Crippen molar-refractivity contribution in [2.24, 2.45) is 0 Å². The van der Waals surface area contributed by atoms with Crippen LogP contribution in [0.15, 0.2) is 35.2 Å². The van der Waals surface area contributed by atoms with Gasteiger partial charge in [0.1, 0.15) is 0 Å². The molecule has 0 bridgehead atoms. The highest BCUT2D eigenvalue weighted by Gasteiger charge is 2.10. The van der Waals surface area contributed by atoms with E-state index in [1.165, 1.54) is 18.5 Å². The van der Waals surface area contributed by atoms with Crippen LogP contribution in [0.4, 0.5) is 5.69 Å². The highest BCUT2D eigenvalue weighted by molar-refractivity contribution is 9.10. The normalized spacial score (nSPS) is 10.2. The fourth-order valence-electron chi connectivity index (χ4n) is 1.25. The summed E-state index contributed by atoms with van der Waals surface area (Å²) in [6.07, 6.45) is 3.15. The van der Waals surface area contributed by atoms with Crippen molar-refractivity contribution in [1.82, 2.24) is 9.97 Å². The van der Waals surface area contributed by atoms with Crippen LogP contribution in [0.1, 0.15) is 0 Å². The molecule has 0 saturated heterocycles. The highest BCUT2D eigenvalue weighted by Crippen LogP contribution is 2.26. The van der Waals surface area contributed by atoms with E-state index in [-0.39, 0.29) is 5.69 Å². The number of nitrogens with one attached hydrogen (secondary N) is 1. The first-order valence-corrected chi connectivity index (χ1v) is 4.90. The molecule has 76 valence electrons. The number of hydrogen-bond acceptors (Lipinski definition) is 3. The number of H-pyrrole nitrogens is 1. The summed E-state index contributed by atoms with van der Waals surface area (Å²) in [5, 5.41) is 10.6. The third-order valence-corrected chi connectivity index (χ3v) is 2.36. The van der Waals surface area contributed by atoms with E-state index in [2.05, 4.69) is 25.9 Å². The summed E-state index contributed by atoms with van der Waals surface area (Å²) >= 11 is 3.23. The number of halogens is 1. The van der Waals surface area contributed by atoms with Gasteiger partial charge in [0.05, 0.1) is 23.1 Å². The number of nitro groups is 1. The van der Waals surface area contributed by atoms with E-state index in [0.717, 1.165) is 11.3 Å². The van der Waals surface area contributed by atoms with Crippen molar-refractivity contribution >= 4 is 21.6 Å². The minimum atomic E-state index is -0.426. The lowest BCUT2D eigenvalue weighted by molar-refractivity contribution is -0.384. The number of nitro benzene ring substituents is 1. The maximum Gasteiger partial charge on any atom is 0.271 e. The van der Waals surface area contributed by atoms with Gasteiger partial charge in [0.2, 0.25) is 0 Å². The zero-order valence-electron chi connectivity index (χ0n) is 7.48. The van der Waals surface area contributed by atoms with Gasteiger partial charge in [0.25, 0.3) is 5.69 Å². The van der Waals surface area contributed by atoms with Gasteiger partial charge >= 0.3 is 0 Å². The topological polar surface area (TPSA) is 71.8 Å². The molecule has 5 nitrogen and oxygen atoms in total. The molecule has 0 aliphatic rings. The van der Waals surface area contributed by atoms with Crippen LogP contribution < -0.4 is 0 Å². The third kappa shape index (κ3) is 2.04. The van der Waals surface area contributed by atoms with Crippen LogP contribution >= 0.6 is 15.9 Å². The molecule has 0 atom stereocenters. The smallest absolute Gasteiger partial charge is 0.271 e. The van der Waals surface area contributed by atoms with Gasteiger partial charge in [-0.25, -0.2) is 4.98 Å². The van der Waals surface area contributed by atoms with Gasteiger partial charge in [0.15, 0.2) is 0 Å². The fourth-order valence-corrected chi connectivity index (χ4v) is 1.73. The Labute approximate surface area is 93.4 Å². The molecule has 1 N–H and O–H groups in total. The first kappa shape index (κ1) is 9.85. The maximum absolute atomic E-state index is 10.6. The Morgan fingerprint density at radius 2 is 2.20 bits per heavy atom. The fraction of sp³-hybridized carbons (Fsp3) is 0. The number of imidazole rings is 1. The quantitative estimate of drug-likeness (QED) is 0.672. The molecule has 0 amide bonds. The minimum absolute atomic E-state index is 0.0500. The van der Waals surface area contributed by atoms with E-state index < -0.39 is 4.92 Å². The van der Waals surface area contributed by atoms with Crippen molar-refractivity contribution in [2.75, 3.05) is 0 Å². The lowest BCUT2D eigenvalue weighted by Crippen LogP contribution is -1.89. The van der Waals surface area contributed by atoms with Gasteiger partial charge in [-0.15, -0.1) is 0 Å². The molecule has 0 fully saturated rings. The predicted molar refractivity (Wildman–Crippen MR) is 58.4 cm³/mol. The summed E-state index contributed by atoms with van der Waals surface area (Å²) < 4.78 is 0.668. The van der Waals surface area contributed by atoms with E-state index in [9.17, 15) is 10.1 Å². The first-order valence-electron chi connectivity index (χ1n) is 4.10. The van der Waals surface area contributed by atoms with Crippen molar-refractivity contribution in [3.8, 4) is 11.3 Å². The van der Waals surface area contributed by atoms with Crippen LogP contribution in [-0.2, 0) is 0 Å². The van der Waals surface area contributed by atoms with E-state index in [4.69, 9.17) is 0 Å². The summed E-state index contributed by atoms with van der Waals surface area (Å²) in [5.74, 6) is 0. The number of nitrogens with zero attached hydrogens (tertiary/aromatic N) is 2. The Kier molecular flexibility index (Phi) is 2.51. The standard InChI is InChI=1S/C9H6BrN3O2/c10-7-1-6(9-4-11-5-12-9)2-8(3-7)13(14)15/h1-5H,(H,11,12). The Morgan fingerprint density at radius 1 is 1.40 bits per heavy atom. The van der Waals surface area contributed by atoms with Crippen LogP contribution in [0.25, 0.3) is 11.3 Å². The van der Waals surface area contributed by atoms with Crippen molar-refractivity contribution in [1.29, 1.82) is 0 Å². The summed E-state index contributed by atoms with van der Waals surface area (Å²) in [4.78, 5) is 17.0. The van der Waals surface area contributed by atoms with Crippen LogP contribution in [0.5, 0.6) is 0 Å². The second-order valence-electron chi connectivity index (χ2n) is 2.92. The maximum atomic E-state index is 10.6. The molecule has 1 heterocycles. The third-order valence-electron chi connectivity index (χ3n) is 1.90. The van der Waals surface area contributed by atoms with Crippen molar-refractivity contribution < 1.29 is 4.92 Å². The molecule has 0 aliphatic carbocycles. The Balaban J connectivity index is 2.54. The second kappa shape index (κ2) is 3.82. The molecule has 0 aliphatic heterocycles. The lowest BCUT2D eigenvalue weighted by Gasteiger charge is -1.99. The minimum Gasteiger partial charge on any atom is -0.345 e. The van der Waals surface area contributed by atoms with E-state index >= 15 is 0 Å². The number of aromatic nitrogens is 2. The molecule has 1 aromatic carbocycles. The summed E-state index contributed by atoms with van der Waals surface area (Å²) in [5.41, 5.74) is 1.53. The van der Waals surface area contributed by atoms with Gasteiger partial charge in [-0.2, -0.15) is 0 Å². The Morgan fingerprint density at radius 3 is 2.80 bits per heavy atom. The SMILES string of the molecule is O=[N+]([O-])c1cc(Br)cc(-c2cnc[nH]2)c1. The van der Waals surface area contributed by atoms with Gasteiger partial charge in [-0.1, -0.05) is 15.9 Å². The molecule has 0 radical (unpaired) electrons. The van der Waals surface area contributed by atoms with Gasteiger partial charge in [-0.05, 0) is 6.07 Å². The number of benzene rings is 1. The van der Waals surface area contributed by atoms with Crippen molar-refractivity contribution in [2.45, 2.75) is 0 Å². The molecule has 1 aromatic heterocycles. The summed E-state index contributed by atoms with van der Waals surface area (Å²) in [6.45, 7) is 0. The average molecular weight is 268 g/mol. The number of rotatable bonds is 2. The average Bonchev–Trinajstić information content (AvgIpc) is 2.69. The highest BCUT2D eigenvalue weighted by atomic mass is 79.9. The predicted octanol–water partition coefficient (Wildman–Crippen LogP) is 2.75. The van der Waals surface area contributed by atoms with Gasteiger partial charge < -0.3 is 4.98 Å². The van der Waals surface area contributed by atoms with Crippen LogP contribution in [0.3, 0.4) is 0 Å². The molecular formula is C9H6BrN3O2. The first-order chi connectivity index (χ1) is 7.16. The van der Waals surface area contributed by atoms with Crippen molar-refractivity contribution in [3.05, 3.63) is 45.3 Å². The van der Waals surface area contributed by atoms with E-state index in [1.807, 2.05) is 0 Å². The monoisotopic (exact) mass is 267 g/mol. The van der Waals surface area contributed by atoms with Gasteiger partial charge in [-0.3, -0.25) is 10.1 Å². The number of non-ortho nitro benzene ring substituents is 1. The van der Waals surface area contributed by atoms with Gasteiger partial charge in [0, 0.05) is 22.2 Å². The molecule has 6 heteroatoms. The molecule has 15 heavy (non-hydrogen) atoms. The zero-order chi connectivity index (χ0) is 10.8. The Hall–Kier alpha value is -1.69. The van der Waals surface area contributed by atoms with Crippen LogP contribution in [0.2, 0.25) is 0 Å². The van der Waals surface area contributed by atoms with Crippen LogP contribution in [0, 0.1) is 10.1 Å². The van der Waals surface area contributed by atoms with Crippen LogP contribution in [-0.4, -0.2) is 14.9 Å². The zero-order valence-corrected chi connectivity index (χ0v) is 9.06. The van der Waals surface area contributed by atoms with E-state index in [0.29, 0.717) is 4.47 Å². The van der Waals surface area contributed by atoms with Crippen molar-refractivity contribution in [3.63, 3.8) is 0 Å². The molecule has 0 unspecified atom stereocenters. The molecule has 2 rings (SSSR count). The number of hydrogen-bond donors (Lipinski definition) is 1. The summed E-state index contributed by atoms with van der Waals surface area (Å²) in [6, 6.07) is 4.75. The molecule has 0 saturated carbocycles. The molecule has 0 spiro atoms. The lowest BCUT2D eigenvalue weighted by atomic mass is 10.1. The number of aromatic amines is 1.